The molecule has 10 heteroatoms. The molecule has 0 spiro atoms. The lowest BCUT2D eigenvalue weighted by atomic mass is 9.34. The lowest BCUT2D eigenvalue weighted by molar-refractivity contribution is -0.351. The standard InChI is InChI=1S/C25H34O10/c1-13(26)33-15-11-20(3,4)24(30)9-8-21(5)16-10-18(29)35-23(16,32-7)12-17(28)25(21,31)22(24,6)19(15)34-14(2)27/h10,15,19,30-31H,8-9,11-12H2,1-7H3. The van der Waals surface area contributed by atoms with Crippen LogP contribution in [0.4, 0.5) is 0 Å². The molecule has 0 bridgehead atoms. The number of methoxy groups -OCH3 is 1. The van der Waals surface area contributed by atoms with Gasteiger partial charge < -0.3 is 29.2 Å². The predicted molar refractivity (Wildman–Crippen MR) is 118 cm³/mol. The Morgan fingerprint density at radius 3 is 2.17 bits per heavy atom. The zero-order chi connectivity index (χ0) is 26.4. The van der Waals surface area contributed by atoms with E-state index in [9.17, 15) is 29.4 Å². The number of hydrogen-bond donors (Lipinski definition) is 2. The van der Waals surface area contributed by atoms with Crippen LogP contribution >= 0.6 is 0 Å². The van der Waals surface area contributed by atoms with Gasteiger partial charge in [-0.3, -0.25) is 14.4 Å². The summed E-state index contributed by atoms with van der Waals surface area (Å²) in [5.74, 6) is -4.46. The quantitative estimate of drug-likeness (QED) is 0.435. The number of aliphatic hydroxyl groups is 2. The minimum Gasteiger partial charge on any atom is -0.459 e. The SMILES string of the molecule is COC12CC(=O)C3(O)C(C)(CCC4(O)C(C)(C)CC(OC(C)=O)C(OC(C)=O)C43C)C1=CC(=O)O2. The zero-order valence-electron chi connectivity index (χ0n) is 21.2. The smallest absolute Gasteiger partial charge is 0.333 e. The normalized spacial score (nSPS) is 45.9. The molecule has 4 aliphatic rings. The van der Waals surface area contributed by atoms with Gasteiger partial charge in [0.25, 0.3) is 0 Å². The van der Waals surface area contributed by atoms with Crippen LogP contribution in [-0.2, 0) is 38.1 Å². The van der Waals surface area contributed by atoms with Gasteiger partial charge in [0.15, 0.2) is 5.78 Å². The van der Waals surface area contributed by atoms with Gasteiger partial charge in [-0.2, -0.15) is 0 Å². The van der Waals surface area contributed by atoms with Crippen molar-refractivity contribution < 1.29 is 48.3 Å². The van der Waals surface area contributed by atoms with Crippen LogP contribution < -0.4 is 0 Å². The maximum Gasteiger partial charge on any atom is 0.333 e. The van der Waals surface area contributed by atoms with Gasteiger partial charge in [-0.1, -0.05) is 20.8 Å². The average Bonchev–Trinajstić information content (AvgIpc) is 3.08. The Morgan fingerprint density at radius 1 is 1.03 bits per heavy atom. The van der Waals surface area contributed by atoms with E-state index in [1.807, 2.05) is 0 Å². The van der Waals surface area contributed by atoms with Crippen molar-refractivity contribution in [2.75, 3.05) is 7.11 Å². The molecule has 0 aromatic rings. The number of hydrogen-bond acceptors (Lipinski definition) is 10. The largest absolute Gasteiger partial charge is 0.459 e. The zero-order valence-corrected chi connectivity index (χ0v) is 21.2. The number of rotatable bonds is 3. The summed E-state index contributed by atoms with van der Waals surface area (Å²) in [6.45, 7) is 9.06. The molecule has 35 heavy (non-hydrogen) atoms. The molecule has 1 aliphatic heterocycles. The third kappa shape index (κ3) is 2.87. The summed E-state index contributed by atoms with van der Waals surface area (Å²) in [5.41, 5.74) is -8.02. The molecule has 10 nitrogen and oxygen atoms in total. The molecule has 0 radical (unpaired) electrons. The summed E-state index contributed by atoms with van der Waals surface area (Å²) in [6, 6.07) is 0. The maximum atomic E-state index is 14.0. The van der Waals surface area contributed by atoms with Crippen molar-refractivity contribution in [3.05, 3.63) is 11.6 Å². The number of ketones is 1. The molecule has 1 heterocycles. The highest BCUT2D eigenvalue weighted by molar-refractivity contribution is 5.97. The maximum absolute atomic E-state index is 14.0. The van der Waals surface area contributed by atoms with Gasteiger partial charge in [-0.05, 0) is 31.6 Å². The third-order valence-corrected chi connectivity index (χ3v) is 9.40. The summed E-state index contributed by atoms with van der Waals surface area (Å²) < 4.78 is 22.2. The topological polar surface area (TPSA) is 146 Å². The van der Waals surface area contributed by atoms with Gasteiger partial charge in [-0.15, -0.1) is 0 Å². The summed E-state index contributed by atoms with van der Waals surface area (Å²) >= 11 is 0. The van der Waals surface area contributed by atoms with Crippen molar-refractivity contribution >= 4 is 23.7 Å². The molecule has 3 saturated carbocycles. The predicted octanol–water partition coefficient (Wildman–Crippen LogP) is 1.35. The number of Topliss-reactive ketones (excluding diaryl/α,β-unsaturated/α-hetero) is 1. The second kappa shape index (κ2) is 7.36. The van der Waals surface area contributed by atoms with E-state index in [0.29, 0.717) is 0 Å². The first-order valence-corrected chi connectivity index (χ1v) is 11.8. The first-order chi connectivity index (χ1) is 16.0. The van der Waals surface area contributed by atoms with E-state index < -0.39 is 75.6 Å². The van der Waals surface area contributed by atoms with Gasteiger partial charge in [-0.25, -0.2) is 4.79 Å². The molecule has 7 atom stereocenters. The summed E-state index contributed by atoms with van der Waals surface area (Å²) in [5, 5.41) is 25.0. The summed E-state index contributed by atoms with van der Waals surface area (Å²) in [4.78, 5) is 50.7. The van der Waals surface area contributed by atoms with Crippen LogP contribution in [0.5, 0.6) is 0 Å². The number of carbonyl (C=O) groups excluding carboxylic acids is 4. The summed E-state index contributed by atoms with van der Waals surface area (Å²) in [6.07, 6.45) is -1.33. The Balaban J connectivity index is 2.03. The monoisotopic (exact) mass is 494 g/mol. The van der Waals surface area contributed by atoms with Crippen LogP contribution in [0, 0.1) is 16.2 Å². The first-order valence-electron chi connectivity index (χ1n) is 11.8. The molecule has 0 aromatic carbocycles. The van der Waals surface area contributed by atoms with Crippen molar-refractivity contribution in [2.24, 2.45) is 16.2 Å². The molecular formula is C25H34O10. The lowest BCUT2D eigenvalue weighted by Crippen LogP contribution is -2.85. The minimum atomic E-state index is -2.34. The van der Waals surface area contributed by atoms with Crippen LogP contribution in [0.25, 0.3) is 0 Å². The highest BCUT2D eigenvalue weighted by Gasteiger charge is 2.84. The van der Waals surface area contributed by atoms with Crippen molar-refractivity contribution in [1.82, 2.24) is 0 Å². The van der Waals surface area contributed by atoms with Crippen molar-refractivity contribution in [3.8, 4) is 0 Å². The van der Waals surface area contributed by atoms with E-state index in [2.05, 4.69) is 0 Å². The van der Waals surface area contributed by atoms with E-state index in [0.717, 1.165) is 0 Å². The Hall–Kier alpha value is -2.30. The Kier molecular flexibility index (Phi) is 5.42. The molecule has 0 aromatic heterocycles. The fourth-order valence-electron chi connectivity index (χ4n) is 7.74. The fraction of sp³-hybridized carbons (Fsp3) is 0.760. The van der Waals surface area contributed by atoms with Gasteiger partial charge >= 0.3 is 17.9 Å². The van der Waals surface area contributed by atoms with Crippen molar-refractivity contribution in [1.29, 1.82) is 0 Å². The van der Waals surface area contributed by atoms with Crippen molar-refractivity contribution in [3.63, 3.8) is 0 Å². The van der Waals surface area contributed by atoms with E-state index in [-0.39, 0.29) is 24.8 Å². The van der Waals surface area contributed by atoms with Gasteiger partial charge in [0, 0.05) is 38.0 Å². The molecule has 4 rings (SSSR count). The number of carbonyl (C=O) groups is 4. The van der Waals surface area contributed by atoms with Crippen LogP contribution in [0.3, 0.4) is 0 Å². The second-order valence-corrected chi connectivity index (χ2v) is 11.4. The van der Waals surface area contributed by atoms with Gasteiger partial charge in [0.05, 0.1) is 17.4 Å². The van der Waals surface area contributed by atoms with Crippen LogP contribution in [0.2, 0.25) is 0 Å². The van der Waals surface area contributed by atoms with Crippen LogP contribution in [-0.4, -0.2) is 70.2 Å². The van der Waals surface area contributed by atoms with Crippen molar-refractivity contribution in [2.45, 2.75) is 96.4 Å². The number of esters is 3. The minimum absolute atomic E-state index is 0.0957. The molecule has 0 saturated heterocycles. The van der Waals surface area contributed by atoms with Gasteiger partial charge in [0.2, 0.25) is 5.79 Å². The molecule has 3 aliphatic carbocycles. The number of ether oxygens (including phenoxy) is 4. The van der Waals surface area contributed by atoms with E-state index in [1.165, 1.54) is 34.0 Å². The van der Waals surface area contributed by atoms with Crippen LogP contribution in [0.1, 0.15) is 67.2 Å². The molecule has 194 valence electrons. The van der Waals surface area contributed by atoms with Crippen LogP contribution in [0.15, 0.2) is 11.6 Å². The number of fused-ring (bicyclic) bond motifs is 5. The van der Waals surface area contributed by atoms with E-state index in [1.54, 1.807) is 20.8 Å². The van der Waals surface area contributed by atoms with Gasteiger partial charge in [0.1, 0.15) is 17.8 Å². The highest BCUT2D eigenvalue weighted by atomic mass is 16.7. The highest BCUT2D eigenvalue weighted by Crippen LogP contribution is 2.73. The summed E-state index contributed by atoms with van der Waals surface area (Å²) in [7, 11) is 1.32. The molecule has 0 amide bonds. The molecule has 2 N–H and O–H groups in total. The average molecular weight is 495 g/mol. The Bertz CT molecular complexity index is 1050. The molecule has 7 unspecified atom stereocenters. The molecule has 3 fully saturated rings. The first kappa shape index (κ1) is 25.8. The molecular weight excluding hydrogens is 460 g/mol. The van der Waals surface area contributed by atoms with E-state index in [4.69, 9.17) is 18.9 Å². The second-order valence-electron chi connectivity index (χ2n) is 11.4. The Labute approximate surface area is 203 Å². The lowest BCUT2D eigenvalue weighted by Gasteiger charge is -2.72. The fourth-order valence-corrected chi connectivity index (χ4v) is 7.74. The Morgan fingerprint density at radius 2 is 1.63 bits per heavy atom. The third-order valence-electron chi connectivity index (χ3n) is 9.40. The van der Waals surface area contributed by atoms with E-state index >= 15 is 0 Å².